The third-order valence-corrected chi connectivity index (χ3v) is 5.23. The van der Waals surface area contributed by atoms with Crippen LogP contribution in [0.5, 0.6) is 0 Å². The van der Waals surface area contributed by atoms with E-state index in [1.807, 2.05) is 16.9 Å². The van der Waals surface area contributed by atoms with Gasteiger partial charge in [0.2, 0.25) is 0 Å². The molecule has 1 N–H and O–H groups in total. The van der Waals surface area contributed by atoms with Gasteiger partial charge in [-0.3, -0.25) is 9.58 Å². The molecule has 1 saturated carbocycles. The van der Waals surface area contributed by atoms with Crippen molar-refractivity contribution in [3.05, 3.63) is 18.5 Å². The van der Waals surface area contributed by atoms with Crippen LogP contribution in [0.2, 0.25) is 0 Å². The Morgan fingerprint density at radius 2 is 1.95 bits per heavy atom. The zero-order valence-electron chi connectivity index (χ0n) is 13.0. The van der Waals surface area contributed by atoms with Crippen LogP contribution in [0.25, 0.3) is 0 Å². The second-order valence-corrected chi connectivity index (χ2v) is 6.91. The summed E-state index contributed by atoms with van der Waals surface area (Å²) in [5.74, 6) is 0.938. The van der Waals surface area contributed by atoms with Crippen LogP contribution in [0.15, 0.2) is 18.5 Å². The molecular formula is C17H29N3O. The van der Waals surface area contributed by atoms with Crippen LogP contribution in [0.4, 0.5) is 0 Å². The van der Waals surface area contributed by atoms with E-state index in [1.54, 1.807) is 6.20 Å². The fourth-order valence-corrected chi connectivity index (χ4v) is 4.16. The molecule has 1 aliphatic heterocycles. The lowest BCUT2D eigenvalue weighted by Crippen LogP contribution is -2.39. The summed E-state index contributed by atoms with van der Waals surface area (Å²) in [5.41, 5.74) is 0. The van der Waals surface area contributed by atoms with E-state index < -0.39 is 0 Å². The van der Waals surface area contributed by atoms with Crippen LogP contribution in [0.1, 0.15) is 51.4 Å². The van der Waals surface area contributed by atoms with Crippen LogP contribution in [0, 0.1) is 5.92 Å². The van der Waals surface area contributed by atoms with Gasteiger partial charge in [-0.15, -0.1) is 0 Å². The zero-order chi connectivity index (χ0) is 14.5. The monoisotopic (exact) mass is 291 g/mol. The van der Waals surface area contributed by atoms with Crippen molar-refractivity contribution in [3.63, 3.8) is 0 Å². The smallest absolute Gasteiger partial charge is 0.0862 e. The van der Waals surface area contributed by atoms with Gasteiger partial charge < -0.3 is 5.11 Å². The maximum Gasteiger partial charge on any atom is 0.0862 e. The molecular weight excluding hydrogens is 262 g/mol. The molecule has 1 aromatic heterocycles. The van der Waals surface area contributed by atoms with Crippen molar-refractivity contribution < 1.29 is 5.11 Å². The van der Waals surface area contributed by atoms with E-state index in [0.29, 0.717) is 12.6 Å². The number of aliphatic hydroxyl groups is 1. The first-order valence-electron chi connectivity index (χ1n) is 8.71. The normalized spacial score (nSPS) is 26.2. The highest BCUT2D eigenvalue weighted by Crippen LogP contribution is 2.32. The molecule has 4 nitrogen and oxygen atoms in total. The van der Waals surface area contributed by atoms with Crippen LogP contribution in [-0.2, 0) is 6.54 Å². The third kappa shape index (κ3) is 4.30. The summed E-state index contributed by atoms with van der Waals surface area (Å²) in [7, 11) is 0. The summed E-state index contributed by atoms with van der Waals surface area (Å²) in [6.07, 6.45) is 14.5. The maximum atomic E-state index is 10.3. The molecule has 2 aliphatic rings. The average Bonchev–Trinajstić information content (AvgIpc) is 3.13. The lowest BCUT2D eigenvalue weighted by atomic mass is 9.84. The van der Waals surface area contributed by atoms with Gasteiger partial charge in [-0.1, -0.05) is 32.1 Å². The first-order valence-corrected chi connectivity index (χ1v) is 8.71. The summed E-state index contributed by atoms with van der Waals surface area (Å²) < 4.78 is 1.83. The fourth-order valence-electron chi connectivity index (χ4n) is 4.16. The molecule has 0 aromatic carbocycles. The number of hydrogen-bond donors (Lipinski definition) is 1. The predicted octanol–water partition coefficient (Wildman–Crippen LogP) is 2.68. The van der Waals surface area contributed by atoms with E-state index in [9.17, 15) is 5.11 Å². The van der Waals surface area contributed by atoms with E-state index in [1.165, 1.54) is 51.4 Å². The van der Waals surface area contributed by atoms with Crippen LogP contribution in [0.3, 0.4) is 0 Å². The molecule has 0 radical (unpaired) electrons. The van der Waals surface area contributed by atoms with Gasteiger partial charge >= 0.3 is 0 Å². The molecule has 118 valence electrons. The van der Waals surface area contributed by atoms with E-state index in [0.717, 1.165) is 19.0 Å². The number of nitrogens with zero attached hydrogens (tertiary/aromatic N) is 3. The van der Waals surface area contributed by atoms with Gasteiger partial charge in [-0.05, 0) is 37.8 Å². The molecule has 0 amide bonds. The van der Waals surface area contributed by atoms with Crippen LogP contribution >= 0.6 is 0 Å². The minimum absolute atomic E-state index is 0.308. The molecule has 0 bridgehead atoms. The van der Waals surface area contributed by atoms with Gasteiger partial charge in [0, 0.05) is 25.0 Å². The standard InChI is InChI=1S/C17H29N3O/c21-17(14-20-11-5-9-18-20)13-19-10-4-8-16(19)12-15-6-2-1-3-7-15/h5,9,11,15-17,21H,1-4,6-8,10,12-14H2/t16-,17-/m1/s1. The predicted molar refractivity (Wildman–Crippen MR) is 84.0 cm³/mol. The van der Waals surface area contributed by atoms with Crippen molar-refractivity contribution in [2.24, 2.45) is 5.92 Å². The van der Waals surface area contributed by atoms with Gasteiger partial charge in [0.25, 0.3) is 0 Å². The Kier molecular flexibility index (Phi) is 5.31. The van der Waals surface area contributed by atoms with Gasteiger partial charge in [0.15, 0.2) is 0 Å². The quantitative estimate of drug-likeness (QED) is 0.876. The molecule has 21 heavy (non-hydrogen) atoms. The topological polar surface area (TPSA) is 41.3 Å². The fraction of sp³-hybridized carbons (Fsp3) is 0.824. The number of hydrogen-bond acceptors (Lipinski definition) is 3. The van der Waals surface area contributed by atoms with Crippen LogP contribution in [-0.4, -0.2) is 45.0 Å². The highest BCUT2D eigenvalue weighted by Gasteiger charge is 2.29. The maximum absolute atomic E-state index is 10.3. The first-order chi connectivity index (χ1) is 10.3. The largest absolute Gasteiger partial charge is 0.390 e. The van der Waals surface area contributed by atoms with Crippen molar-refractivity contribution in [2.45, 2.75) is 70.1 Å². The highest BCUT2D eigenvalue weighted by molar-refractivity contribution is 4.85. The first kappa shape index (κ1) is 15.0. The molecule has 0 unspecified atom stereocenters. The number of likely N-dealkylation sites (tertiary alicyclic amines) is 1. The summed E-state index contributed by atoms with van der Waals surface area (Å²) in [4.78, 5) is 2.53. The third-order valence-electron chi connectivity index (χ3n) is 5.23. The van der Waals surface area contributed by atoms with Crippen molar-refractivity contribution in [1.29, 1.82) is 0 Å². The Balaban J connectivity index is 1.46. The molecule has 3 rings (SSSR count). The molecule has 1 saturated heterocycles. The molecule has 1 aromatic rings. The average molecular weight is 291 g/mol. The molecule has 0 spiro atoms. The summed E-state index contributed by atoms with van der Waals surface area (Å²) in [6.45, 7) is 2.57. The Morgan fingerprint density at radius 1 is 1.10 bits per heavy atom. The lowest BCUT2D eigenvalue weighted by molar-refractivity contribution is 0.0815. The second kappa shape index (κ2) is 7.41. The SMILES string of the molecule is O[C@H](CN1CCC[C@@H]1CC1CCCCC1)Cn1cccn1. The van der Waals surface area contributed by atoms with Crippen molar-refractivity contribution in [3.8, 4) is 0 Å². The summed E-state index contributed by atoms with van der Waals surface area (Å²) in [5, 5.41) is 14.5. The minimum atomic E-state index is -0.308. The van der Waals surface area contributed by atoms with Crippen molar-refractivity contribution >= 4 is 0 Å². The zero-order valence-corrected chi connectivity index (χ0v) is 13.0. The van der Waals surface area contributed by atoms with E-state index in [2.05, 4.69) is 10.00 Å². The molecule has 4 heteroatoms. The molecule has 2 atom stereocenters. The number of β-amino-alcohol motifs (C(OH)–C–C–N with tert-alkyl or cyclic N) is 1. The van der Waals surface area contributed by atoms with E-state index in [-0.39, 0.29) is 6.10 Å². The summed E-state index contributed by atoms with van der Waals surface area (Å²) >= 11 is 0. The van der Waals surface area contributed by atoms with Gasteiger partial charge in [-0.25, -0.2) is 0 Å². The highest BCUT2D eigenvalue weighted by atomic mass is 16.3. The van der Waals surface area contributed by atoms with Crippen molar-refractivity contribution in [2.75, 3.05) is 13.1 Å². The van der Waals surface area contributed by atoms with Crippen molar-refractivity contribution in [1.82, 2.24) is 14.7 Å². The number of rotatable bonds is 6. The lowest BCUT2D eigenvalue weighted by Gasteiger charge is -2.31. The van der Waals surface area contributed by atoms with Gasteiger partial charge in [0.1, 0.15) is 0 Å². The Bertz CT molecular complexity index is 400. The molecule has 1 aliphatic carbocycles. The minimum Gasteiger partial charge on any atom is -0.390 e. The number of aromatic nitrogens is 2. The van der Waals surface area contributed by atoms with Gasteiger partial charge in [0.05, 0.1) is 12.6 Å². The summed E-state index contributed by atoms with van der Waals surface area (Å²) in [6, 6.07) is 2.62. The van der Waals surface area contributed by atoms with Crippen LogP contribution < -0.4 is 0 Å². The van der Waals surface area contributed by atoms with Gasteiger partial charge in [-0.2, -0.15) is 5.10 Å². The second-order valence-electron chi connectivity index (χ2n) is 6.91. The van der Waals surface area contributed by atoms with E-state index in [4.69, 9.17) is 0 Å². The Hall–Kier alpha value is -0.870. The molecule has 2 heterocycles. The van der Waals surface area contributed by atoms with E-state index >= 15 is 0 Å². The number of aliphatic hydroxyl groups excluding tert-OH is 1. The Morgan fingerprint density at radius 3 is 2.71 bits per heavy atom. The molecule has 2 fully saturated rings. The Labute approximate surface area is 128 Å².